The third-order valence-electron chi connectivity index (χ3n) is 2.89. The van der Waals surface area contributed by atoms with E-state index in [9.17, 15) is 13.2 Å². The Balaban J connectivity index is 3.08. The number of hydrogen-bond donors (Lipinski definition) is 0. The van der Waals surface area contributed by atoms with Gasteiger partial charge in [-0.1, -0.05) is 12.2 Å². The van der Waals surface area contributed by atoms with Crippen LogP contribution in [0.25, 0.3) is 0 Å². The van der Waals surface area contributed by atoms with Gasteiger partial charge in [-0.2, -0.15) is 8.99 Å². The molecule has 1 aromatic heterocycles. The van der Waals surface area contributed by atoms with E-state index in [0.29, 0.717) is 6.54 Å². The molecule has 0 aliphatic heterocycles. The first kappa shape index (κ1) is 18.1. The van der Waals surface area contributed by atoms with Crippen molar-refractivity contribution in [1.82, 2.24) is 24.0 Å². The Morgan fingerprint density at radius 1 is 1.36 bits per heavy atom. The van der Waals surface area contributed by atoms with Crippen molar-refractivity contribution in [1.29, 1.82) is 0 Å². The number of hydrogen-bond acceptors (Lipinski definition) is 5. The van der Waals surface area contributed by atoms with Gasteiger partial charge in [0.05, 0.1) is 0 Å². The molecule has 1 amide bonds. The summed E-state index contributed by atoms with van der Waals surface area (Å²) >= 11 is 0. The third kappa shape index (κ3) is 3.80. The standard InChI is InChI=1S/C13H21N5O3S/c1-6-8-16(5)22(20,21)12-14-10-18(15-12)13(19)17(9-7-2)11(3)4/h6-7,10-11H,1-2,8-9H2,3-5H3. The van der Waals surface area contributed by atoms with E-state index in [1.54, 1.807) is 6.08 Å². The van der Waals surface area contributed by atoms with Crippen LogP contribution in [-0.2, 0) is 10.0 Å². The van der Waals surface area contributed by atoms with Crippen LogP contribution in [0.5, 0.6) is 0 Å². The van der Waals surface area contributed by atoms with Gasteiger partial charge in [0.1, 0.15) is 6.33 Å². The summed E-state index contributed by atoms with van der Waals surface area (Å²) in [6, 6.07) is -0.548. The van der Waals surface area contributed by atoms with Crippen LogP contribution in [0.4, 0.5) is 4.79 Å². The Morgan fingerprint density at radius 3 is 2.45 bits per heavy atom. The topological polar surface area (TPSA) is 88.4 Å². The van der Waals surface area contributed by atoms with Crippen LogP contribution in [0.15, 0.2) is 36.8 Å². The average molecular weight is 327 g/mol. The van der Waals surface area contributed by atoms with E-state index < -0.39 is 21.2 Å². The molecule has 1 heterocycles. The summed E-state index contributed by atoms with van der Waals surface area (Å²) in [5.74, 6) is 0. The van der Waals surface area contributed by atoms with Crippen molar-refractivity contribution in [2.24, 2.45) is 0 Å². The van der Waals surface area contributed by atoms with E-state index in [1.165, 1.54) is 18.0 Å². The molecule has 22 heavy (non-hydrogen) atoms. The Bertz CT molecular complexity index is 650. The highest BCUT2D eigenvalue weighted by Gasteiger charge is 2.27. The Morgan fingerprint density at radius 2 is 1.95 bits per heavy atom. The molecule has 0 fully saturated rings. The molecule has 0 N–H and O–H groups in total. The number of amides is 1. The highest BCUT2D eigenvalue weighted by Crippen LogP contribution is 2.09. The number of sulfonamides is 1. The smallest absolute Gasteiger partial charge is 0.317 e. The largest absolute Gasteiger partial charge is 0.346 e. The molecule has 0 aromatic carbocycles. The highest BCUT2D eigenvalue weighted by molar-refractivity contribution is 7.88. The third-order valence-corrected chi connectivity index (χ3v) is 4.51. The zero-order valence-electron chi connectivity index (χ0n) is 13.0. The summed E-state index contributed by atoms with van der Waals surface area (Å²) in [6.07, 6.45) is 4.13. The minimum atomic E-state index is -3.84. The number of carbonyl (C=O) groups is 1. The molecule has 8 nitrogen and oxygen atoms in total. The molecular weight excluding hydrogens is 306 g/mol. The number of rotatable bonds is 7. The maximum atomic E-state index is 12.3. The second-order valence-electron chi connectivity index (χ2n) is 4.86. The molecule has 0 saturated carbocycles. The van der Waals surface area contributed by atoms with Gasteiger partial charge in [-0.15, -0.1) is 18.3 Å². The summed E-state index contributed by atoms with van der Waals surface area (Å²) in [6.45, 7) is 11.2. The van der Waals surface area contributed by atoms with Crippen molar-refractivity contribution < 1.29 is 13.2 Å². The van der Waals surface area contributed by atoms with Crippen LogP contribution in [-0.4, -0.2) is 64.6 Å². The molecule has 0 unspecified atom stereocenters. The van der Waals surface area contributed by atoms with Gasteiger partial charge < -0.3 is 4.90 Å². The predicted octanol–water partition coefficient (Wildman–Crippen LogP) is 0.949. The Labute approximate surface area is 130 Å². The quantitative estimate of drug-likeness (QED) is 0.696. The fourth-order valence-electron chi connectivity index (χ4n) is 1.66. The lowest BCUT2D eigenvalue weighted by molar-refractivity contribution is 0.188. The molecule has 0 saturated heterocycles. The zero-order valence-corrected chi connectivity index (χ0v) is 13.8. The minimum absolute atomic E-state index is 0.0850. The van der Waals surface area contributed by atoms with Crippen LogP contribution < -0.4 is 0 Å². The lowest BCUT2D eigenvalue weighted by Gasteiger charge is -2.24. The first-order valence-corrected chi connectivity index (χ1v) is 8.10. The molecule has 1 rings (SSSR count). The molecule has 0 atom stereocenters. The average Bonchev–Trinajstić information content (AvgIpc) is 2.94. The van der Waals surface area contributed by atoms with Crippen molar-refractivity contribution >= 4 is 16.1 Å². The van der Waals surface area contributed by atoms with Crippen molar-refractivity contribution in [2.45, 2.75) is 25.0 Å². The second-order valence-corrected chi connectivity index (χ2v) is 6.80. The van der Waals surface area contributed by atoms with Crippen molar-refractivity contribution in [3.05, 3.63) is 31.6 Å². The summed E-state index contributed by atoms with van der Waals surface area (Å²) in [7, 11) is -2.46. The van der Waals surface area contributed by atoms with Crippen molar-refractivity contribution in [3.63, 3.8) is 0 Å². The fraction of sp³-hybridized carbons (Fsp3) is 0.462. The molecule has 0 bridgehead atoms. The number of likely N-dealkylation sites (N-methyl/N-ethyl adjacent to an activating group) is 1. The summed E-state index contributed by atoms with van der Waals surface area (Å²) < 4.78 is 26.3. The number of aromatic nitrogens is 3. The molecule has 0 aliphatic carbocycles. The van der Waals surface area contributed by atoms with Crippen LogP contribution >= 0.6 is 0 Å². The lowest BCUT2D eigenvalue weighted by Crippen LogP contribution is -2.40. The van der Waals surface area contributed by atoms with Gasteiger partial charge in [0, 0.05) is 26.2 Å². The van der Waals surface area contributed by atoms with Crippen LogP contribution in [0.1, 0.15) is 13.8 Å². The van der Waals surface area contributed by atoms with E-state index >= 15 is 0 Å². The van der Waals surface area contributed by atoms with Gasteiger partial charge in [-0.3, -0.25) is 0 Å². The van der Waals surface area contributed by atoms with Crippen molar-refractivity contribution in [2.75, 3.05) is 20.1 Å². The van der Waals surface area contributed by atoms with E-state index in [-0.39, 0.29) is 12.6 Å². The second kappa shape index (κ2) is 7.32. The Kier molecular flexibility index (Phi) is 6.01. The highest BCUT2D eigenvalue weighted by atomic mass is 32.2. The van der Waals surface area contributed by atoms with Crippen molar-refractivity contribution in [3.8, 4) is 0 Å². The summed E-state index contributed by atoms with van der Waals surface area (Å²) in [5, 5.41) is 3.36. The van der Waals surface area contributed by atoms with Crippen LogP contribution in [0, 0.1) is 0 Å². The molecule has 1 aromatic rings. The monoisotopic (exact) mass is 327 g/mol. The molecule has 0 aliphatic rings. The molecule has 0 radical (unpaired) electrons. The maximum Gasteiger partial charge on any atom is 0.346 e. The lowest BCUT2D eigenvalue weighted by atomic mass is 10.3. The fourth-order valence-corrected chi connectivity index (χ4v) is 2.61. The van der Waals surface area contributed by atoms with Crippen LogP contribution in [0.2, 0.25) is 0 Å². The number of nitrogens with zero attached hydrogens (tertiary/aromatic N) is 5. The van der Waals surface area contributed by atoms with Gasteiger partial charge in [0.2, 0.25) is 0 Å². The minimum Gasteiger partial charge on any atom is -0.317 e. The number of carbonyl (C=O) groups excluding carboxylic acids is 1. The van der Waals surface area contributed by atoms with Gasteiger partial charge >= 0.3 is 6.03 Å². The van der Waals surface area contributed by atoms with E-state index in [1.807, 2.05) is 13.8 Å². The zero-order chi connectivity index (χ0) is 16.9. The van der Waals surface area contributed by atoms with E-state index in [4.69, 9.17) is 0 Å². The van der Waals surface area contributed by atoms with Gasteiger partial charge in [0.25, 0.3) is 15.2 Å². The molecule has 122 valence electrons. The van der Waals surface area contributed by atoms with Gasteiger partial charge in [-0.25, -0.2) is 18.2 Å². The molecule has 9 heteroatoms. The van der Waals surface area contributed by atoms with Gasteiger partial charge in [0.15, 0.2) is 0 Å². The van der Waals surface area contributed by atoms with E-state index in [0.717, 1.165) is 15.3 Å². The van der Waals surface area contributed by atoms with E-state index in [2.05, 4.69) is 23.2 Å². The summed E-state index contributed by atoms with van der Waals surface area (Å²) in [5.41, 5.74) is 0. The first-order chi connectivity index (χ1) is 10.3. The normalized spacial score (nSPS) is 11.7. The molecule has 0 spiro atoms. The van der Waals surface area contributed by atoms with Gasteiger partial charge in [-0.05, 0) is 13.8 Å². The Hall–Kier alpha value is -2.00. The van der Waals surface area contributed by atoms with Crippen LogP contribution in [0.3, 0.4) is 0 Å². The predicted molar refractivity (Wildman–Crippen MR) is 82.9 cm³/mol. The first-order valence-electron chi connectivity index (χ1n) is 6.66. The maximum absolute atomic E-state index is 12.3. The SMILES string of the molecule is C=CCN(C(=O)n1cnc(S(=O)(=O)N(C)CC=C)n1)C(C)C. The molecular formula is C13H21N5O3S. The summed E-state index contributed by atoms with van der Waals surface area (Å²) in [4.78, 5) is 17.5.